The maximum Gasteiger partial charge on any atom is 0.289 e. The lowest BCUT2D eigenvalue weighted by Crippen LogP contribution is -2.56. The SMILES string of the molecule is CC(C)(C(=O)N1CCCCCC1)C(=O)N1CCN(C(=O)c2ccco2)CC1. The second-order valence-electron chi connectivity index (χ2n) is 7.89. The molecule has 0 N–H and O–H groups in total. The lowest BCUT2D eigenvalue weighted by Gasteiger charge is -2.39. The molecule has 0 spiro atoms. The molecule has 0 aliphatic carbocycles. The second-order valence-corrected chi connectivity index (χ2v) is 7.89. The maximum absolute atomic E-state index is 13.1. The Morgan fingerprint density at radius 3 is 1.85 bits per heavy atom. The number of rotatable bonds is 3. The monoisotopic (exact) mass is 375 g/mol. The number of piperazine rings is 1. The van der Waals surface area contributed by atoms with Gasteiger partial charge in [0.1, 0.15) is 5.41 Å². The molecule has 2 fully saturated rings. The number of carbonyl (C=O) groups excluding carboxylic acids is 3. The smallest absolute Gasteiger partial charge is 0.289 e. The van der Waals surface area contributed by atoms with Gasteiger partial charge in [-0.05, 0) is 38.8 Å². The molecule has 2 aliphatic heterocycles. The van der Waals surface area contributed by atoms with E-state index < -0.39 is 5.41 Å². The molecule has 27 heavy (non-hydrogen) atoms. The second kappa shape index (κ2) is 8.15. The Kier molecular flexibility index (Phi) is 5.87. The molecule has 0 atom stereocenters. The predicted molar refractivity (Wildman–Crippen MR) is 100 cm³/mol. The van der Waals surface area contributed by atoms with Crippen molar-refractivity contribution >= 4 is 17.7 Å². The minimum atomic E-state index is -1.07. The van der Waals surface area contributed by atoms with Crippen LogP contribution in [0.3, 0.4) is 0 Å². The molecular formula is C20H29N3O4. The first-order valence-electron chi connectivity index (χ1n) is 9.83. The molecule has 1 aromatic rings. The van der Waals surface area contributed by atoms with Crippen molar-refractivity contribution in [1.29, 1.82) is 0 Å². The molecule has 2 saturated heterocycles. The van der Waals surface area contributed by atoms with Crippen LogP contribution < -0.4 is 0 Å². The lowest BCUT2D eigenvalue weighted by atomic mass is 9.89. The minimum Gasteiger partial charge on any atom is -0.459 e. The van der Waals surface area contributed by atoms with Gasteiger partial charge >= 0.3 is 0 Å². The highest BCUT2D eigenvalue weighted by atomic mass is 16.3. The van der Waals surface area contributed by atoms with Gasteiger partial charge in [-0.2, -0.15) is 0 Å². The number of hydrogen-bond donors (Lipinski definition) is 0. The number of likely N-dealkylation sites (tertiary alicyclic amines) is 1. The first kappa shape index (κ1) is 19.5. The highest BCUT2D eigenvalue weighted by Crippen LogP contribution is 2.25. The van der Waals surface area contributed by atoms with Gasteiger partial charge in [-0.15, -0.1) is 0 Å². The van der Waals surface area contributed by atoms with Gasteiger partial charge in [-0.25, -0.2) is 0 Å². The predicted octanol–water partition coefficient (Wildman–Crippen LogP) is 1.99. The van der Waals surface area contributed by atoms with Crippen LogP contribution in [-0.2, 0) is 9.59 Å². The molecule has 0 bridgehead atoms. The van der Waals surface area contributed by atoms with E-state index in [2.05, 4.69) is 0 Å². The molecule has 0 radical (unpaired) electrons. The van der Waals surface area contributed by atoms with Crippen LogP contribution in [0.5, 0.6) is 0 Å². The lowest BCUT2D eigenvalue weighted by molar-refractivity contribution is -0.155. The highest BCUT2D eigenvalue weighted by molar-refractivity contribution is 6.04. The van der Waals surface area contributed by atoms with Crippen molar-refractivity contribution in [3.63, 3.8) is 0 Å². The fraction of sp³-hybridized carbons (Fsp3) is 0.650. The molecule has 148 valence electrons. The van der Waals surface area contributed by atoms with Crippen LogP contribution in [0.15, 0.2) is 22.8 Å². The van der Waals surface area contributed by atoms with Gasteiger partial charge in [0, 0.05) is 39.3 Å². The number of furan rings is 1. The summed E-state index contributed by atoms with van der Waals surface area (Å²) in [5.74, 6) is -0.0798. The molecule has 2 aliphatic rings. The maximum atomic E-state index is 13.1. The molecule has 0 saturated carbocycles. The third-order valence-corrected chi connectivity index (χ3v) is 5.55. The van der Waals surface area contributed by atoms with E-state index in [1.807, 2.05) is 4.90 Å². The molecule has 0 unspecified atom stereocenters. The summed E-state index contributed by atoms with van der Waals surface area (Å²) in [4.78, 5) is 43.6. The number of carbonyl (C=O) groups is 3. The molecule has 1 aromatic heterocycles. The molecule has 7 nitrogen and oxygen atoms in total. The Bertz CT molecular complexity index is 667. The largest absolute Gasteiger partial charge is 0.459 e. The Morgan fingerprint density at radius 2 is 1.33 bits per heavy atom. The van der Waals surface area contributed by atoms with E-state index in [0.717, 1.165) is 38.8 Å². The molecule has 3 amide bonds. The summed E-state index contributed by atoms with van der Waals surface area (Å²) in [7, 11) is 0. The van der Waals surface area contributed by atoms with Crippen LogP contribution in [0, 0.1) is 5.41 Å². The minimum absolute atomic E-state index is 0.0801. The first-order valence-corrected chi connectivity index (χ1v) is 9.83. The van der Waals surface area contributed by atoms with E-state index >= 15 is 0 Å². The van der Waals surface area contributed by atoms with Crippen LogP contribution in [-0.4, -0.2) is 71.7 Å². The number of amides is 3. The summed E-state index contributed by atoms with van der Waals surface area (Å²) in [6.45, 7) is 6.68. The van der Waals surface area contributed by atoms with Crippen molar-refractivity contribution in [3.8, 4) is 0 Å². The Morgan fingerprint density at radius 1 is 0.815 bits per heavy atom. The number of nitrogens with zero attached hydrogens (tertiary/aromatic N) is 3. The van der Waals surface area contributed by atoms with Crippen LogP contribution in [0.4, 0.5) is 0 Å². The quantitative estimate of drug-likeness (QED) is 0.758. The van der Waals surface area contributed by atoms with Crippen molar-refractivity contribution in [3.05, 3.63) is 24.2 Å². The van der Waals surface area contributed by atoms with Crippen molar-refractivity contribution in [2.45, 2.75) is 39.5 Å². The van der Waals surface area contributed by atoms with Gasteiger partial charge in [0.25, 0.3) is 5.91 Å². The van der Waals surface area contributed by atoms with Gasteiger partial charge in [-0.3, -0.25) is 14.4 Å². The number of hydrogen-bond acceptors (Lipinski definition) is 4. The van der Waals surface area contributed by atoms with Crippen LogP contribution in [0.2, 0.25) is 0 Å². The van der Waals surface area contributed by atoms with Crippen LogP contribution in [0.25, 0.3) is 0 Å². The van der Waals surface area contributed by atoms with E-state index in [1.54, 1.807) is 35.8 Å². The van der Waals surface area contributed by atoms with Crippen molar-refractivity contribution in [2.75, 3.05) is 39.3 Å². The van der Waals surface area contributed by atoms with Gasteiger partial charge in [-0.1, -0.05) is 12.8 Å². The Balaban J connectivity index is 1.58. The summed E-state index contributed by atoms with van der Waals surface area (Å²) in [5.41, 5.74) is -1.07. The van der Waals surface area contributed by atoms with Gasteiger partial charge in [0.2, 0.25) is 11.8 Å². The fourth-order valence-corrected chi connectivity index (χ4v) is 3.82. The zero-order valence-electron chi connectivity index (χ0n) is 16.3. The summed E-state index contributed by atoms with van der Waals surface area (Å²) in [6.07, 6.45) is 5.77. The Hall–Kier alpha value is -2.31. The Labute approximate surface area is 160 Å². The van der Waals surface area contributed by atoms with Gasteiger partial charge in [0.15, 0.2) is 5.76 Å². The van der Waals surface area contributed by atoms with E-state index in [4.69, 9.17) is 4.42 Å². The van der Waals surface area contributed by atoms with Crippen molar-refractivity contribution in [1.82, 2.24) is 14.7 Å². The molecular weight excluding hydrogens is 346 g/mol. The summed E-state index contributed by atoms with van der Waals surface area (Å²) < 4.78 is 5.16. The molecule has 7 heteroatoms. The molecule has 3 heterocycles. The molecule has 0 aromatic carbocycles. The van der Waals surface area contributed by atoms with Crippen LogP contribution in [0.1, 0.15) is 50.1 Å². The topological polar surface area (TPSA) is 74.1 Å². The van der Waals surface area contributed by atoms with E-state index in [9.17, 15) is 14.4 Å². The standard InChI is InChI=1S/C20H29N3O4/c1-20(2,18(25)22-9-5-3-4-6-10-22)19(26)23-13-11-21(12-14-23)17(24)16-8-7-15-27-16/h7-8,15H,3-6,9-14H2,1-2H3. The average Bonchev–Trinajstić information content (AvgIpc) is 3.09. The average molecular weight is 375 g/mol. The van der Waals surface area contributed by atoms with E-state index in [1.165, 1.54) is 6.26 Å². The third-order valence-electron chi connectivity index (χ3n) is 5.55. The summed E-state index contributed by atoms with van der Waals surface area (Å²) in [6, 6.07) is 3.33. The van der Waals surface area contributed by atoms with Crippen LogP contribution >= 0.6 is 0 Å². The summed E-state index contributed by atoms with van der Waals surface area (Å²) >= 11 is 0. The molecule has 3 rings (SSSR count). The fourth-order valence-electron chi connectivity index (χ4n) is 3.82. The van der Waals surface area contributed by atoms with Crippen molar-refractivity contribution < 1.29 is 18.8 Å². The van der Waals surface area contributed by atoms with Gasteiger partial charge < -0.3 is 19.1 Å². The third kappa shape index (κ3) is 4.17. The van der Waals surface area contributed by atoms with E-state index in [0.29, 0.717) is 31.9 Å². The summed E-state index contributed by atoms with van der Waals surface area (Å²) in [5, 5.41) is 0. The first-order chi connectivity index (χ1) is 12.9. The zero-order valence-corrected chi connectivity index (χ0v) is 16.3. The normalized spacial score (nSPS) is 19.0. The van der Waals surface area contributed by atoms with Crippen molar-refractivity contribution in [2.24, 2.45) is 5.41 Å². The van der Waals surface area contributed by atoms with Gasteiger partial charge in [0.05, 0.1) is 6.26 Å². The zero-order chi connectivity index (χ0) is 19.4. The van der Waals surface area contributed by atoms with E-state index in [-0.39, 0.29) is 17.7 Å². The highest BCUT2D eigenvalue weighted by Gasteiger charge is 2.42.